The fraction of sp³-hybridized carbons (Fsp3) is 0.235. The summed E-state index contributed by atoms with van der Waals surface area (Å²) in [5.74, 6) is -0.423. The molecule has 0 spiro atoms. The molecular formula is C17H16N4O5. The smallest absolute Gasteiger partial charge is 0.278 e. The van der Waals surface area contributed by atoms with E-state index in [1.165, 1.54) is 24.6 Å². The molecule has 134 valence electrons. The van der Waals surface area contributed by atoms with Crippen molar-refractivity contribution in [2.24, 2.45) is 11.0 Å². The molecule has 0 radical (unpaired) electrons. The second-order valence-electron chi connectivity index (χ2n) is 5.80. The van der Waals surface area contributed by atoms with Crippen molar-refractivity contribution in [2.75, 3.05) is 6.54 Å². The van der Waals surface area contributed by atoms with Crippen LogP contribution in [-0.4, -0.2) is 34.4 Å². The van der Waals surface area contributed by atoms with Crippen molar-refractivity contribution >= 4 is 23.7 Å². The molecule has 1 aromatic carbocycles. The molecule has 1 saturated heterocycles. The lowest BCUT2D eigenvalue weighted by molar-refractivity contribution is -0.385. The molecule has 0 aliphatic carbocycles. The summed E-state index contributed by atoms with van der Waals surface area (Å²) in [6.45, 7) is 0.585. The molecular weight excluding hydrogens is 340 g/mol. The highest BCUT2D eigenvalue weighted by Gasteiger charge is 2.34. The Labute approximate surface area is 148 Å². The standard InChI is InChI=1S/C17H16N4O5/c22-16-8-13(10-20(16)11-14-5-3-7-26-14)17(23)19-18-9-12-4-1-2-6-15(12)21(24)25/h1-7,9,13H,8,10-11H2,(H,19,23)/b18-9+. The Morgan fingerprint density at radius 1 is 1.38 bits per heavy atom. The summed E-state index contributed by atoms with van der Waals surface area (Å²) < 4.78 is 5.21. The molecule has 3 rings (SSSR count). The Hall–Kier alpha value is -3.49. The number of amides is 2. The van der Waals surface area contributed by atoms with E-state index in [1.54, 1.807) is 29.2 Å². The van der Waals surface area contributed by atoms with E-state index >= 15 is 0 Å². The van der Waals surface area contributed by atoms with E-state index < -0.39 is 16.7 Å². The third-order valence-corrected chi connectivity index (χ3v) is 4.02. The molecule has 1 aromatic heterocycles. The minimum atomic E-state index is -0.527. The number of likely N-dealkylation sites (tertiary alicyclic amines) is 1. The summed E-state index contributed by atoms with van der Waals surface area (Å²) in [4.78, 5) is 36.2. The zero-order chi connectivity index (χ0) is 18.5. The van der Waals surface area contributed by atoms with Gasteiger partial charge in [-0.15, -0.1) is 0 Å². The SMILES string of the molecule is O=C(N/N=C/c1ccccc1[N+](=O)[O-])C1CC(=O)N(Cc2ccco2)C1. The predicted octanol–water partition coefficient (Wildman–Crippen LogP) is 1.69. The number of nitrogens with zero attached hydrogens (tertiary/aromatic N) is 3. The summed E-state index contributed by atoms with van der Waals surface area (Å²) in [7, 11) is 0. The van der Waals surface area contributed by atoms with Gasteiger partial charge in [-0.05, 0) is 18.2 Å². The second-order valence-corrected chi connectivity index (χ2v) is 5.80. The lowest BCUT2D eigenvalue weighted by Crippen LogP contribution is -2.30. The maximum absolute atomic E-state index is 12.2. The van der Waals surface area contributed by atoms with Gasteiger partial charge >= 0.3 is 0 Å². The molecule has 1 aliphatic rings. The van der Waals surface area contributed by atoms with Crippen molar-refractivity contribution in [1.82, 2.24) is 10.3 Å². The number of nitro groups is 1. The van der Waals surface area contributed by atoms with E-state index in [4.69, 9.17) is 4.42 Å². The monoisotopic (exact) mass is 356 g/mol. The van der Waals surface area contributed by atoms with Gasteiger partial charge < -0.3 is 9.32 Å². The van der Waals surface area contributed by atoms with Crippen molar-refractivity contribution in [2.45, 2.75) is 13.0 Å². The molecule has 9 heteroatoms. The van der Waals surface area contributed by atoms with Crippen LogP contribution in [0.4, 0.5) is 5.69 Å². The lowest BCUT2D eigenvalue weighted by atomic mass is 10.1. The largest absolute Gasteiger partial charge is 0.467 e. The van der Waals surface area contributed by atoms with Crippen LogP contribution in [0, 0.1) is 16.0 Å². The Morgan fingerprint density at radius 2 is 2.19 bits per heavy atom. The molecule has 1 N–H and O–H groups in total. The first-order valence-electron chi connectivity index (χ1n) is 7.91. The van der Waals surface area contributed by atoms with Gasteiger partial charge in [0.15, 0.2) is 0 Å². The molecule has 9 nitrogen and oxygen atoms in total. The molecule has 26 heavy (non-hydrogen) atoms. The van der Waals surface area contributed by atoms with E-state index in [0.717, 1.165) is 0 Å². The molecule has 1 fully saturated rings. The summed E-state index contributed by atoms with van der Waals surface area (Å²) in [5.41, 5.74) is 2.52. The fourth-order valence-corrected chi connectivity index (χ4v) is 2.71. The Balaban J connectivity index is 1.57. The van der Waals surface area contributed by atoms with Crippen LogP contribution in [-0.2, 0) is 16.1 Å². The van der Waals surface area contributed by atoms with Crippen molar-refractivity contribution in [3.05, 3.63) is 64.1 Å². The Kier molecular flexibility index (Phi) is 5.07. The summed E-state index contributed by atoms with van der Waals surface area (Å²) in [6, 6.07) is 9.56. The Morgan fingerprint density at radius 3 is 2.92 bits per heavy atom. The zero-order valence-electron chi connectivity index (χ0n) is 13.7. The first-order chi connectivity index (χ1) is 12.5. The number of para-hydroxylation sites is 1. The van der Waals surface area contributed by atoms with Crippen LogP contribution in [0.5, 0.6) is 0 Å². The number of carbonyl (C=O) groups excluding carboxylic acids is 2. The van der Waals surface area contributed by atoms with Gasteiger partial charge in [0.25, 0.3) is 5.69 Å². The molecule has 2 heterocycles. The van der Waals surface area contributed by atoms with Gasteiger partial charge in [0.05, 0.1) is 35.4 Å². The fourth-order valence-electron chi connectivity index (χ4n) is 2.71. The van der Waals surface area contributed by atoms with Gasteiger partial charge in [0, 0.05) is 19.0 Å². The third-order valence-electron chi connectivity index (χ3n) is 4.02. The highest BCUT2D eigenvalue weighted by Crippen LogP contribution is 2.20. The van der Waals surface area contributed by atoms with Crippen LogP contribution in [0.3, 0.4) is 0 Å². The molecule has 0 bridgehead atoms. The van der Waals surface area contributed by atoms with Crippen molar-refractivity contribution in [3.63, 3.8) is 0 Å². The van der Waals surface area contributed by atoms with Gasteiger partial charge in [-0.25, -0.2) is 5.43 Å². The number of hydrogen-bond donors (Lipinski definition) is 1. The summed E-state index contributed by atoms with van der Waals surface area (Å²) in [5, 5.41) is 14.7. The van der Waals surface area contributed by atoms with Crippen molar-refractivity contribution in [1.29, 1.82) is 0 Å². The third kappa shape index (κ3) is 3.94. The van der Waals surface area contributed by atoms with Crippen LogP contribution in [0.15, 0.2) is 52.2 Å². The van der Waals surface area contributed by atoms with Crippen molar-refractivity contribution < 1.29 is 18.9 Å². The number of hydrogen-bond acceptors (Lipinski definition) is 6. The number of hydrazone groups is 1. The van der Waals surface area contributed by atoms with Gasteiger partial charge in [-0.2, -0.15) is 5.10 Å². The topological polar surface area (TPSA) is 118 Å². The first kappa shape index (κ1) is 17.3. The average Bonchev–Trinajstić information content (AvgIpc) is 3.26. The minimum absolute atomic E-state index is 0.0908. The molecule has 1 unspecified atom stereocenters. The molecule has 1 aliphatic heterocycles. The maximum atomic E-state index is 12.2. The molecule has 2 aromatic rings. The van der Waals surface area contributed by atoms with Crippen LogP contribution >= 0.6 is 0 Å². The number of nitrogens with one attached hydrogen (secondary N) is 1. The van der Waals surface area contributed by atoms with E-state index in [0.29, 0.717) is 12.3 Å². The van der Waals surface area contributed by atoms with E-state index in [1.807, 2.05) is 0 Å². The van der Waals surface area contributed by atoms with Gasteiger partial charge in [-0.3, -0.25) is 19.7 Å². The quantitative estimate of drug-likeness (QED) is 0.480. The first-order valence-corrected chi connectivity index (χ1v) is 7.91. The lowest BCUT2D eigenvalue weighted by Gasteiger charge is -2.14. The number of rotatable bonds is 6. The van der Waals surface area contributed by atoms with Crippen LogP contribution in [0.2, 0.25) is 0 Å². The van der Waals surface area contributed by atoms with E-state index in [9.17, 15) is 19.7 Å². The number of nitro benzene ring substituents is 1. The van der Waals surface area contributed by atoms with Crippen LogP contribution < -0.4 is 5.43 Å². The normalized spacial score (nSPS) is 17.0. The highest BCUT2D eigenvalue weighted by molar-refractivity contribution is 5.90. The molecule has 2 amide bonds. The number of furan rings is 1. The molecule has 0 saturated carbocycles. The Bertz CT molecular complexity index is 847. The van der Waals surface area contributed by atoms with E-state index in [-0.39, 0.29) is 30.1 Å². The van der Waals surface area contributed by atoms with Crippen molar-refractivity contribution in [3.8, 4) is 0 Å². The van der Waals surface area contributed by atoms with Gasteiger partial charge in [-0.1, -0.05) is 12.1 Å². The second kappa shape index (κ2) is 7.60. The minimum Gasteiger partial charge on any atom is -0.467 e. The van der Waals surface area contributed by atoms with Gasteiger partial charge in [0.1, 0.15) is 5.76 Å². The summed E-state index contributed by atoms with van der Waals surface area (Å²) in [6.07, 6.45) is 2.83. The maximum Gasteiger partial charge on any atom is 0.278 e. The van der Waals surface area contributed by atoms with Crippen LogP contribution in [0.1, 0.15) is 17.7 Å². The van der Waals surface area contributed by atoms with Gasteiger partial charge in [0.2, 0.25) is 11.8 Å². The highest BCUT2D eigenvalue weighted by atomic mass is 16.6. The zero-order valence-corrected chi connectivity index (χ0v) is 13.7. The van der Waals surface area contributed by atoms with Crippen LogP contribution in [0.25, 0.3) is 0 Å². The number of carbonyl (C=O) groups is 2. The van der Waals surface area contributed by atoms with E-state index in [2.05, 4.69) is 10.5 Å². The summed E-state index contributed by atoms with van der Waals surface area (Å²) >= 11 is 0. The molecule has 1 atom stereocenters. The average molecular weight is 356 g/mol. The predicted molar refractivity (Wildman–Crippen MR) is 91.1 cm³/mol. The number of benzene rings is 1.